The summed E-state index contributed by atoms with van der Waals surface area (Å²) in [5.74, 6) is 1.34. The summed E-state index contributed by atoms with van der Waals surface area (Å²) in [5.41, 5.74) is 4.57. The van der Waals surface area contributed by atoms with Gasteiger partial charge in [-0.05, 0) is 37.5 Å². The molecule has 0 atom stereocenters. The minimum absolute atomic E-state index is 0.0384. The predicted octanol–water partition coefficient (Wildman–Crippen LogP) is 2.64. The highest BCUT2D eigenvalue weighted by Gasteiger charge is 2.25. The van der Waals surface area contributed by atoms with Crippen molar-refractivity contribution >= 4 is 11.4 Å². The fourth-order valence-corrected chi connectivity index (χ4v) is 3.36. The highest BCUT2D eigenvalue weighted by atomic mass is 16.5. The van der Waals surface area contributed by atoms with Gasteiger partial charge in [0.2, 0.25) is 0 Å². The number of ketones is 1. The first-order valence-corrected chi connectivity index (χ1v) is 8.14. The number of carbonyl (C=O) groups is 1. The molecule has 7 heteroatoms. The summed E-state index contributed by atoms with van der Waals surface area (Å²) in [5, 5.41) is 13.1. The molecule has 0 aliphatic heterocycles. The third-order valence-electron chi connectivity index (χ3n) is 4.56. The quantitative estimate of drug-likeness (QED) is 0.730. The average Bonchev–Trinajstić information content (AvgIpc) is 2.97. The van der Waals surface area contributed by atoms with Crippen molar-refractivity contribution in [2.45, 2.75) is 26.2 Å². The highest BCUT2D eigenvalue weighted by Crippen LogP contribution is 2.35. The third kappa shape index (κ3) is 2.34. The smallest absolute Gasteiger partial charge is 0.185 e. The zero-order chi connectivity index (χ0) is 17.6. The minimum atomic E-state index is 0.0384. The molecule has 4 rings (SSSR count). The van der Waals surface area contributed by atoms with Crippen LogP contribution in [0.25, 0.3) is 16.8 Å². The number of hydrogen-bond donors (Lipinski definition) is 0. The normalized spacial score (nSPS) is 13.8. The van der Waals surface area contributed by atoms with Crippen molar-refractivity contribution in [3.8, 4) is 22.6 Å². The van der Waals surface area contributed by atoms with Gasteiger partial charge in [0.05, 0.1) is 31.2 Å². The van der Waals surface area contributed by atoms with Crippen molar-refractivity contribution in [1.29, 1.82) is 0 Å². The van der Waals surface area contributed by atoms with Crippen LogP contribution in [0.3, 0.4) is 0 Å². The van der Waals surface area contributed by atoms with Crippen LogP contribution >= 0.6 is 0 Å². The van der Waals surface area contributed by atoms with Crippen molar-refractivity contribution in [2.24, 2.45) is 0 Å². The van der Waals surface area contributed by atoms with Crippen LogP contribution in [0.4, 0.5) is 0 Å². The number of hydrogen-bond acceptors (Lipinski definition) is 6. The van der Waals surface area contributed by atoms with E-state index in [1.807, 2.05) is 25.1 Å². The van der Waals surface area contributed by atoms with Crippen LogP contribution in [-0.4, -0.2) is 39.8 Å². The molecule has 128 valence electrons. The molecule has 7 nitrogen and oxygen atoms in total. The van der Waals surface area contributed by atoms with Gasteiger partial charge in [-0.25, -0.2) is 4.52 Å². The van der Waals surface area contributed by atoms with E-state index in [0.29, 0.717) is 29.3 Å². The Morgan fingerprint density at radius 3 is 2.64 bits per heavy atom. The van der Waals surface area contributed by atoms with Gasteiger partial charge in [0.1, 0.15) is 0 Å². The molecule has 0 bridgehead atoms. The number of aryl methyl sites for hydroxylation is 2. The second-order valence-corrected chi connectivity index (χ2v) is 6.04. The molecule has 0 spiro atoms. The molecule has 0 saturated heterocycles. The van der Waals surface area contributed by atoms with Gasteiger partial charge in [0.15, 0.2) is 28.6 Å². The van der Waals surface area contributed by atoms with E-state index < -0.39 is 0 Å². The molecule has 0 amide bonds. The topological polar surface area (TPSA) is 78.6 Å². The van der Waals surface area contributed by atoms with Gasteiger partial charge in [-0.2, -0.15) is 5.10 Å². The van der Waals surface area contributed by atoms with Crippen molar-refractivity contribution in [2.75, 3.05) is 14.2 Å². The van der Waals surface area contributed by atoms with E-state index in [2.05, 4.69) is 15.3 Å². The van der Waals surface area contributed by atoms with Crippen LogP contribution in [0.15, 0.2) is 18.2 Å². The molecule has 0 N–H and O–H groups in total. The number of ether oxygens (including phenoxy) is 2. The Bertz CT molecular complexity index is 994. The lowest BCUT2D eigenvalue weighted by atomic mass is 9.99. The average molecular weight is 338 g/mol. The first-order chi connectivity index (χ1) is 12.1. The summed E-state index contributed by atoms with van der Waals surface area (Å²) in [4.78, 5) is 12.1. The number of rotatable bonds is 3. The van der Waals surface area contributed by atoms with E-state index >= 15 is 0 Å². The molecule has 0 unspecified atom stereocenters. The van der Waals surface area contributed by atoms with E-state index in [1.165, 1.54) is 0 Å². The van der Waals surface area contributed by atoms with Crippen LogP contribution in [0.1, 0.15) is 34.7 Å². The summed E-state index contributed by atoms with van der Waals surface area (Å²) < 4.78 is 12.5. The van der Waals surface area contributed by atoms with E-state index in [1.54, 1.807) is 18.7 Å². The fraction of sp³-hybridized carbons (Fsp3) is 0.333. The number of nitrogens with zero attached hydrogens (tertiary/aromatic N) is 4. The summed E-state index contributed by atoms with van der Waals surface area (Å²) in [6.45, 7) is 1.93. The number of methoxy groups -OCH3 is 2. The Labute approximate surface area is 144 Å². The minimum Gasteiger partial charge on any atom is -0.493 e. The van der Waals surface area contributed by atoms with Gasteiger partial charge in [-0.1, -0.05) is 6.07 Å². The zero-order valence-corrected chi connectivity index (χ0v) is 14.4. The largest absolute Gasteiger partial charge is 0.493 e. The van der Waals surface area contributed by atoms with Gasteiger partial charge in [0.25, 0.3) is 0 Å². The lowest BCUT2D eigenvalue weighted by Gasteiger charge is -2.13. The summed E-state index contributed by atoms with van der Waals surface area (Å²) in [7, 11) is 3.21. The second-order valence-electron chi connectivity index (χ2n) is 6.04. The number of fused-ring (bicyclic) bond motifs is 3. The number of aromatic nitrogens is 4. The molecule has 0 radical (unpaired) electrons. The van der Waals surface area contributed by atoms with Gasteiger partial charge < -0.3 is 9.47 Å². The molecule has 2 aromatic heterocycles. The predicted molar refractivity (Wildman–Crippen MR) is 91.3 cm³/mol. The lowest BCUT2D eigenvalue weighted by molar-refractivity contribution is 0.0964. The Balaban J connectivity index is 1.94. The molecule has 0 saturated carbocycles. The maximum atomic E-state index is 12.1. The molecule has 1 aromatic carbocycles. The fourth-order valence-electron chi connectivity index (χ4n) is 3.36. The monoisotopic (exact) mass is 338 g/mol. The van der Waals surface area contributed by atoms with Crippen molar-refractivity contribution in [3.63, 3.8) is 0 Å². The maximum Gasteiger partial charge on any atom is 0.185 e. The number of Topliss-reactive ketones (excluding diaryl/α,β-unsaturated/α-hetero) is 1. The Morgan fingerprint density at radius 2 is 1.88 bits per heavy atom. The lowest BCUT2D eigenvalue weighted by Crippen LogP contribution is -2.18. The summed E-state index contributed by atoms with van der Waals surface area (Å²) in [6, 6.07) is 5.69. The SMILES string of the molecule is COc1ccc(-c2c(C)nn3c4c(nnc23)C(=O)CCC4)cc1OC. The first-order valence-electron chi connectivity index (χ1n) is 8.14. The van der Waals surface area contributed by atoms with Crippen LogP contribution in [0.5, 0.6) is 11.5 Å². The van der Waals surface area contributed by atoms with Crippen molar-refractivity contribution in [3.05, 3.63) is 35.3 Å². The molecule has 1 aliphatic carbocycles. The van der Waals surface area contributed by atoms with Crippen LogP contribution < -0.4 is 9.47 Å². The summed E-state index contributed by atoms with van der Waals surface area (Å²) >= 11 is 0. The van der Waals surface area contributed by atoms with Gasteiger partial charge >= 0.3 is 0 Å². The van der Waals surface area contributed by atoms with Crippen LogP contribution in [-0.2, 0) is 6.42 Å². The Kier molecular flexibility index (Phi) is 3.63. The molecule has 0 fully saturated rings. The maximum absolute atomic E-state index is 12.1. The first kappa shape index (κ1) is 15.6. The molecule has 1 aliphatic rings. The van der Waals surface area contributed by atoms with E-state index in [9.17, 15) is 4.79 Å². The molecular formula is C18H18N4O3. The summed E-state index contributed by atoms with van der Waals surface area (Å²) in [6.07, 6.45) is 2.12. The molecule has 25 heavy (non-hydrogen) atoms. The number of carbonyl (C=O) groups excluding carboxylic acids is 1. The van der Waals surface area contributed by atoms with Gasteiger partial charge in [-0.3, -0.25) is 4.79 Å². The number of benzene rings is 1. The Hall–Kier alpha value is -2.96. The molecule has 3 aromatic rings. The van der Waals surface area contributed by atoms with E-state index in [0.717, 1.165) is 35.4 Å². The standard InChI is InChI=1S/C18H18N4O3/c1-10-16(11-7-8-14(24-2)15(9-11)25-3)18-20-19-17-12(22(18)21-10)5-4-6-13(17)23/h7-9H,4-6H2,1-3H3. The van der Waals surface area contributed by atoms with Crippen LogP contribution in [0.2, 0.25) is 0 Å². The Morgan fingerprint density at radius 1 is 1.08 bits per heavy atom. The van der Waals surface area contributed by atoms with Gasteiger partial charge in [0, 0.05) is 6.42 Å². The second kappa shape index (κ2) is 5.84. The molecular weight excluding hydrogens is 320 g/mol. The zero-order valence-electron chi connectivity index (χ0n) is 14.4. The van der Waals surface area contributed by atoms with Crippen LogP contribution in [0, 0.1) is 6.92 Å². The third-order valence-corrected chi connectivity index (χ3v) is 4.56. The van der Waals surface area contributed by atoms with Crippen molar-refractivity contribution < 1.29 is 14.3 Å². The van der Waals surface area contributed by atoms with E-state index in [4.69, 9.17) is 9.47 Å². The highest BCUT2D eigenvalue weighted by molar-refractivity contribution is 5.96. The van der Waals surface area contributed by atoms with Gasteiger partial charge in [-0.15, -0.1) is 10.2 Å². The molecule has 2 heterocycles. The van der Waals surface area contributed by atoms with Crippen molar-refractivity contribution in [1.82, 2.24) is 19.8 Å². The van der Waals surface area contributed by atoms with E-state index in [-0.39, 0.29) is 5.78 Å².